The van der Waals surface area contributed by atoms with Gasteiger partial charge < -0.3 is 14.6 Å². The number of aromatic nitrogens is 2. The van der Waals surface area contributed by atoms with E-state index in [0.29, 0.717) is 11.9 Å². The zero-order valence-electron chi connectivity index (χ0n) is 11.4. The highest BCUT2D eigenvalue weighted by Crippen LogP contribution is 2.25. The number of rotatable bonds is 2. The van der Waals surface area contributed by atoms with Gasteiger partial charge in [-0.15, -0.1) is 5.10 Å². The fourth-order valence-corrected chi connectivity index (χ4v) is 1.99. The Hall–Kier alpha value is -1.59. The molecule has 1 aromatic heterocycles. The maximum atomic E-state index is 11.0. The third kappa shape index (κ3) is 2.80. The van der Waals surface area contributed by atoms with E-state index in [-0.39, 0.29) is 17.4 Å². The van der Waals surface area contributed by atoms with E-state index in [1.54, 1.807) is 0 Å². The Kier molecular flexibility index (Phi) is 3.28. The van der Waals surface area contributed by atoms with Crippen LogP contribution in [0.25, 0.3) is 0 Å². The maximum absolute atomic E-state index is 11.0. The molecule has 0 aromatic carbocycles. The van der Waals surface area contributed by atoms with E-state index < -0.39 is 0 Å². The average Bonchev–Trinajstić information content (AvgIpc) is 2.81. The molecule has 0 saturated carbocycles. The smallest absolute Gasteiger partial charge is 0.318 e. The molecule has 0 radical (unpaired) electrons. The number of amides is 1. The minimum atomic E-state index is -0.137. The second kappa shape index (κ2) is 4.59. The summed E-state index contributed by atoms with van der Waals surface area (Å²) in [6.07, 6.45) is 0.910. The number of nitrogens with one attached hydrogen (secondary N) is 1. The summed E-state index contributed by atoms with van der Waals surface area (Å²) in [5, 5.41) is 11.1. The first-order valence-corrected chi connectivity index (χ1v) is 6.22. The third-order valence-electron chi connectivity index (χ3n) is 2.92. The van der Waals surface area contributed by atoms with Gasteiger partial charge in [-0.3, -0.25) is 4.79 Å². The lowest BCUT2D eigenvalue weighted by atomic mass is 9.97. The molecule has 1 amide bonds. The molecule has 1 N–H and O–H groups in total. The van der Waals surface area contributed by atoms with Crippen LogP contribution in [-0.2, 0) is 10.2 Å². The minimum Gasteiger partial charge on any atom is -0.407 e. The van der Waals surface area contributed by atoms with Gasteiger partial charge in [-0.2, -0.15) is 0 Å². The van der Waals surface area contributed by atoms with Crippen molar-refractivity contribution in [3.8, 4) is 0 Å². The van der Waals surface area contributed by atoms with Gasteiger partial charge in [-0.25, -0.2) is 0 Å². The van der Waals surface area contributed by atoms with Crippen molar-refractivity contribution in [2.75, 3.05) is 18.0 Å². The van der Waals surface area contributed by atoms with Crippen LogP contribution in [0.15, 0.2) is 4.42 Å². The molecule has 6 heteroatoms. The molecule has 1 unspecified atom stereocenters. The lowest BCUT2D eigenvalue weighted by Gasteiger charge is -2.14. The van der Waals surface area contributed by atoms with Crippen LogP contribution in [0.3, 0.4) is 0 Å². The molecular weight excluding hydrogens is 232 g/mol. The molecule has 2 heterocycles. The predicted octanol–water partition coefficient (Wildman–Crippen LogP) is 1.08. The summed E-state index contributed by atoms with van der Waals surface area (Å²) in [7, 11) is 0. The van der Waals surface area contributed by atoms with Crippen molar-refractivity contribution < 1.29 is 9.21 Å². The van der Waals surface area contributed by atoms with Crippen molar-refractivity contribution in [1.82, 2.24) is 15.5 Å². The van der Waals surface area contributed by atoms with Crippen LogP contribution in [0.4, 0.5) is 6.01 Å². The van der Waals surface area contributed by atoms with Crippen molar-refractivity contribution in [1.29, 1.82) is 0 Å². The highest BCUT2D eigenvalue weighted by atomic mass is 16.4. The van der Waals surface area contributed by atoms with Crippen molar-refractivity contribution in [2.45, 2.75) is 45.6 Å². The van der Waals surface area contributed by atoms with Crippen molar-refractivity contribution in [2.24, 2.45) is 0 Å². The molecule has 18 heavy (non-hydrogen) atoms. The number of nitrogens with zero attached hydrogens (tertiary/aromatic N) is 3. The normalized spacial score (nSPS) is 20.2. The van der Waals surface area contributed by atoms with Crippen LogP contribution >= 0.6 is 0 Å². The van der Waals surface area contributed by atoms with Crippen LogP contribution in [0.2, 0.25) is 0 Å². The molecule has 1 aromatic rings. The molecule has 0 bridgehead atoms. The second-order valence-corrected chi connectivity index (χ2v) is 5.77. The van der Waals surface area contributed by atoms with E-state index in [4.69, 9.17) is 4.42 Å². The first kappa shape index (κ1) is 12.9. The highest BCUT2D eigenvalue weighted by Gasteiger charge is 2.28. The second-order valence-electron chi connectivity index (χ2n) is 5.77. The predicted molar refractivity (Wildman–Crippen MR) is 67.4 cm³/mol. The molecule has 0 spiro atoms. The van der Waals surface area contributed by atoms with E-state index in [1.807, 2.05) is 25.7 Å². The molecule has 0 aliphatic carbocycles. The van der Waals surface area contributed by atoms with Crippen LogP contribution < -0.4 is 10.2 Å². The number of hydrogen-bond acceptors (Lipinski definition) is 5. The first-order valence-electron chi connectivity index (χ1n) is 6.22. The fraction of sp³-hybridized carbons (Fsp3) is 0.750. The van der Waals surface area contributed by atoms with Gasteiger partial charge in [0.2, 0.25) is 11.8 Å². The molecule has 2 rings (SSSR count). The van der Waals surface area contributed by atoms with Crippen LogP contribution in [0, 0.1) is 0 Å². The monoisotopic (exact) mass is 252 g/mol. The van der Waals surface area contributed by atoms with Gasteiger partial charge in [0.15, 0.2) is 0 Å². The van der Waals surface area contributed by atoms with Crippen molar-refractivity contribution >= 4 is 11.9 Å². The lowest BCUT2D eigenvalue weighted by Crippen LogP contribution is -2.35. The zero-order chi connectivity index (χ0) is 13.3. The standard InChI is InChI=1S/C12H20N4O2/c1-8(17)13-9-5-6-16(7-9)11-15-14-10(18-11)12(2,3)4/h9H,5-7H2,1-4H3,(H,13,17). The third-order valence-corrected chi connectivity index (χ3v) is 2.92. The molecule has 1 aliphatic heterocycles. The largest absolute Gasteiger partial charge is 0.407 e. The Bertz CT molecular complexity index is 436. The Balaban J connectivity index is 2.01. The topological polar surface area (TPSA) is 71.3 Å². The molecule has 6 nitrogen and oxygen atoms in total. The first-order chi connectivity index (χ1) is 8.36. The van der Waals surface area contributed by atoms with Gasteiger partial charge >= 0.3 is 6.01 Å². The molecule has 100 valence electrons. The van der Waals surface area contributed by atoms with Gasteiger partial charge in [-0.05, 0) is 6.42 Å². The molecule has 1 fully saturated rings. The van der Waals surface area contributed by atoms with E-state index in [0.717, 1.165) is 19.5 Å². The summed E-state index contributed by atoms with van der Waals surface area (Å²) >= 11 is 0. The number of hydrogen-bond donors (Lipinski definition) is 1. The van der Waals surface area contributed by atoms with E-state index in [2.05, 4.69) is 15.5 Å². The van der Waals surface area contributed by atoms with E-state index in [9.17, 15) is 4.79 Å². The van der Waals surface area contributed by atoms with Crippen LogP contribution in [0.1, 0.15) is 40.0 Å². The number of carbonyl (C=O) groups is 1. The molecule has 1 saturated heterocycles. The van der Waals surface area contributed by atoms with E-state index >= 15 is 0 Å². The average molecular weight is 252 g/mol. The maximum Gasteiger partial charge on any atom is 0.318 e. The number of anilines is 1. The van der Waals surface area contributed by atoms with Crippen LogP contribution in [0.5, 0.6) is 0 Å². The fourth-order valence-electron chi connectivity index (χ4n) is 1.99. The molecule has 1 aliphatic rings. The summed E-state index contributed by atoms with van der Waals surface area (Å²) in [6, 6.07) is 0.722. The van der Waals surface area contributed by atoms with E-state index in [1.165, 1.54) is 6.92 Å². The summed E-state index contributed by atoms with van der Waals surface area (Å²) in [4.78, 5) is 13.0. The molecule has 1 atom stereocenters. The molecular formula is C12H20N4O2. The summed E-state index contributed by atoms with van der Waals surface area (Å²) in [5.74, 6) is 0.642. The summed E-state index contributed by atoms with van der Waals surface area (Å²) in [6.45, 7) is 9.20. The SMILES string of the molecule is CC(=O)NC1CCN(c2nnc(C(C)(C)C)o2)C1. The Morgan fingerprint density at radius 2 is 2.17 bits per heavy atom. The summed E-state index contributed by atoms with van der Waals surface area (Å²) in [5.41, 5.74) is -0.137. The Morgan fingerprint density at radius 3 is 2.72 bits per heavy atom. The van der Waals surface area contributed by atoms with Crippen molar-refractivity contribution in [3.05, 3.63) is 5.89 Å². The van der Waals surface area contributed by atoms with Crippen molar-refractivity contribution in [3.63, 3.8) is 0 Å². The quantitative estimate of drug-likeness (QED) is 0.853. The van der Waals surface area contributed by atoms with Gasteiger partial charge in [0.05, 0.1) is 0 Å². The van der Waals surface area contributed by atoms with Gasteiger partial charge in [0, 0.05) is 31.5 Å². The zero-order valence-corrected chi connectivity index (χ0v) is 11.4. The Morgan fingerprint density at radius 1 is 1.44 bits per heavy atom. The van der Waals surface area contributed by atoms with Gasteiger partial charge in [0.1, 0.15) is 0 Å². The highest BCUT2D eigenvalue weighted by molar-refractivity contribution is 5.73. The lowest BCUT2D eigenvalue weighted by molar-refractivity contribution is -0.119. The van der Waals surface area contributed by atoms with Gasteiger partial charge in [-0.1, -0.05) is 25.9 Å². The van der Waals surface area contributed by atoms with Crippen LogP contribution in [-0.4, -0.2) is 35.2 Å². The summed E-state index contributed by atoms with van der Waals surface area (Å²) < 4.78 is 5.68. The number of carbonyl (C=O) groups excluding carboxylic acids is 1. The Labute approximate surface area is 107 Å². The van der Waals surface area contributed by atoms with Gasteiger partial charge in [0.25, 0.3) is 0 Å². The minimum absolute atomic E-state index is 0.00256.